The summed E-state index contributed by atoms with van der Waals surface area (Å²) in [5.41, 5.74) is 0. The number of rotatable bonds is 3. The van der Waals surface area contributed by atoms with E-state index < -0.39 is 7.60 Å². The molecule has 0 amide bonds. The summed E-state index contributed by atoms with van der Waals surface area (Å²) >= 11 is 0. The molecule has 2 unspecified atom stereocenters. The monoisotopic (exact) mass is 205 g/mol. The van der Waals surface area contributed by atoms with Gasteiger partial charge in [0.05, 0.1) is 7.05 Å². The maximum absolute atomic E-state index is 10.8. The molecule has 0 fully saturated rings. The van der Waals surface area contributed by atoms with Crippen molar-refractivity contribution in [2.24, 2.45) is 0 Å². The van der Waals surface area contributed by atoms with E-state index in [1.165, 1.54) is 7.11 Å². The van der Waals surface area contributed by atoms with Crippen LogP contribution in [0.4, 0.5) is 0 Å². The van der Waals surface area contributed by atoms with Crippen LogP contribution in [0, 0.1) is 0 Å². The molecule has 0 saturated heterocycles. The second-order valence-electron chi connectivity index (χ2n) is 1.82. The SMILES string of the molecule is C[NH2+]C(C)P(=O)(O)OC.[V]. The third-order valence-electron chi connectivity index (χ3n) is 1.26. The Hall–Kier alpha value is 0.694. The Balaban J connectivity index is 0. The van der Waals surface area contributed by atoms with E-state index in [0.29, 0.717) is 0 Å². The fraction of sp³-hybridized carbons (Fsp3) is 1.00. The Bertz CT molecular complexity index is 132. The van der Waals surface area contributed by atoms with Gasteiger partial charge in [0.15, 0.2) is 5.78 Å². The summed E-state index contributed by atoms with van der Waals surface area (Å²) in [7, 11) is -0.354. The molecule has 0 rings (SSSR count). The van der Waals surface area contributed by atoms with E-state index in [1.807, 2.05) is 0 Å². The molecule has 0 aliphatic heterocycles. The molecule has 0 aliphatic rings. The molecule has 2 atom stereocenters. The van der Waals surface area contributed by atoms with Gasteiger partial charge in [-0.05, 0) is 6.92 Å². The van der Waals surface area contributed by atoms with Crippen LogP contribution >= 0.6 is 7.60 Å². The summed E-state index contributed by atoms with van der Waals surface area (Å²) in [6.07, 6.45) is 0. The van der Waals surface area contributed by atoms with Crippen molar-refractivity contribution in [1.82, 2.24) is 0 Å². The van der Waals surface area contributed by atoms with Gasteiger partial charge in [0.1, 0.15) is 0 Å². The Labute approximate surface area is 72.8 Å². The Morgan fingerprint density at radius 2 is 2.10 bits per heavy atom. The Morgan fingerprint density at radius 3 is 2.20 bits per heavy atom. The van der Waals surface area contributed by atoms with Crippen LogP contribution in [-0.2, 0) is 27.6 Å². The molecule has 0 aromatic rings. The molecule has 0 saturated carbocycles. The average Bonchev–Trinajstić information content (AvgIpc) is 1.86. The Kier molecular flexibility index (Phi) is 7.12. The second kappa shape index (κ2) is 5.36. The molecule has 10 heavy (non-hydrogen) atoms. The van der Waals surface area contributed by atoms with Crippen molar-refractivity contribution in [3.63, 3.8) is 0 Å². The molecule has 0 heterocycles. The standard InChI is InChI=1S/C4H12NO3P.V/c1-4(5-2)9(6,7)8-3;/h4-5H,1-3H3,(H,6,7);/p+1. The molecular weight excluding hydrogens is 192 g/mol. The van der Waals surface area contributed by atoms with Gasteiger partial charge in [-0.25, -0.2) is 0 Å². The predicted molar refractivity (Wildman–Crippen MR) is 34.1 cm³/mol. The van der Waals surface area contributed by atoms with Crippen molar-refractivity contribution in [3.8, 4) is 0 Å². The summed E-state index contributed by atoms with van der Waals surface area (Å²) in [5.74, 6) is -0.373. The van der Waals surface area contributed by atoms with Gasteiger partial charge < -0.3 is 14.7 Å². The topological polar surface area (TPSA) is 63.1 Å². The smallest absolute Gasteiger partial charge is 0.336 e. The fourth-order valence-electron chi connectivity index (χ4n) is 0.355. The quantitative estimate of drug-likeness (QED) is 0.602. The van der Waals surface area contributed by atoms with Crippen LogP contribution in [-0.4, -0.2) is 24.8 Å². The van der Waals surface area contributed by atoms with E-state index in [-0.39, 0.29) is 24.3 Å². The van der Waals surface area contributed by atoms with Gasteiger partial charge in [-0.3, -0.25) is 4.57 Å². The average molecular weight is 205 g/mol. The van der Waals surface area contributed by atoms with Crippen LogP contribution in [0.2, 0.25) is 0 Å². The zero-order valence-electron chi connectivity index (χ0n) is 6.31. The first-order chi connectivity index (χ1) is 4.04. The third kappa shape index (κ3) is 3.76. The first-order valence-corrected chi connectivity index (χ1v) is 4.37. The van der Waals surface area contributed by atoms with E-state index in [2.05, 4.69) is 4.52 Å². The molecule has 0 aliphatic carbocycles. The third-order valence-corrected chi connectivity index (χ3v) is 3.11. The van der Waals surface area contributed by atoms with Crippen molar-refractivity contribution in [2.75, 3.05) is 14.2 Å². The van der Waals surface area contributed by atoms with Gasteiger partial charge in [0.25, 0.3) is 0 Å². The first kappa shape index (κ1) is 13.3. The minimum absolute atomic E-state index is 0. The summed E-state index contributed by atoms with van der Waals surface area (Å²) in [4.78, 5) is 8.89. The van der Waals surface area contributed by atoms with Crippen molar-refractivity contribution in [1.29, 1.82) is 0 Å². The van der Waals surface area contributed by atoms with Gasteiger partial charge in [-0.15, -0.1) is 0 Å². The van der Waals surface area contributed by atoms with Gasteiger partial charge in [-0.2, -0.15) is 0 Å². The maximum Gasteiger partial charge on any atom is 0.384 e. The van der Waals surface area contributed by atoms with E-state index in [4.69, 9.17) is 4.89 Å². The summed E-state index contributed by atoms with van der Waals surface area (Å²) in [5, 5.41) is 1.64. The van der Waals surface area contributed by atoms with E-state index >= 15 is 0 Å². The molecule has 4 nitrogen and oxygen atoms in total. The molecule has 3 N–H and O–H groups in total. The first-order valence-electron chi connectivity index (χ1n) is 2.72. The molecule has 0 aromatic heterocycles. The van der Waals surface area contributed by atoms with Crippen LogP contribution in [0.1, 0.15) is 6.92 Å². The van der Waals surface area contributed by atoms with Gasteiger partial charge in [0.2, 0.25) is 0 Å². The van der Waals surface area contributed by atoms with Crippen LogP contribution in [0.3, 0.4) is 0 Å². The van der Waals surface area contributed by atoms with Crippen molar-refractivity contribution in [3.05, 3.63) is 0 Å². The number of nitrogens with two attached hydrogens (primary N) is 1. The van der Waals surface area contributed by atoms with E-state index in [1.54, 1.807) is 19.3 Å². The fourth-order valence-corrected chi connectivity index (χ4v) is 1.06. The zero-order valence-corrected chi connectivity index (χ0v) is 8.60. The molecule has 0 aromatic carbocycles. The summed E-state index contributed by atoms with van der Waals surface area (Å²) < 4.78 is 15.2. The minimum atomic E-state index is -3.32. The number of quaternary nitrogens is 1. The maximum atomic E-state index is 10.8. The van der Waals surface area contributed by atoms with Crippen molar-refractivity contribution >= 4 is 7.60 Å². The van der Waals surface area contributed by atoms with E-state index in [0.717, 1.165) is 0 Å². The van der Waals surface area contributed by atoms with Crippen molar-refractivity contribution < 1.29 is 37.9 Å². The molecular formula is C4H13NO3PV+. The van der Waals surface area contributed by atoms with Crippen LogP contribution < -0.4 is 5.32 Å². The molecule has 0 spiro atoms. The van der Waals surface area contributed by atoms with Gasteiger partial charge in [-0.1, -0.05) is 0 Å². The zero-order chi connectivity index (χ0) is 7.49. The number of hydrogen-bond donors (Lipinski definition) is 2. The Morgan fingerprint density at radius 1 is 1.70 bits per heavy atom. The second-order valence-corrected chi connectivity index (χ2v) is 4.13. The largest absolute Gasteiger partial charge is 0.384 e. The minimum Gasteiger partial charge on any atom is -0.336 e. The van der Waals surface area contributed by atoms with Crippen LogP contribution in [0.15, 0.2) is 0 Å². The van der Waals surface area contributed by atoms with E-state index in [9.17, 15) is 4.57 Å². The van der Waals surface area contributed by atoms with Crippen molar-refractivity contribution in [2.45, 2.75) is 12.7 Å². The summed E-state index contributed by atoms with van der Waals surface area (Å²) in [6, 6.07) is 0. The van der Waals surface area contributed by atoms with Gasteiger partial charge in [0, 0.05) is 25.7 Å². The molecule has 61 valence electrons. The summed E-state index contributed by atoms with van der Waals surface area (Å²) in [6.45, 7) is 1.64. The van der Waals surface area contributed by atoms with Crippen LogP contribution in [0.25, 0.3) is 0 Å². The normalized spacial score (nSPS) is 18.8. The van der Waals surface area contributed by atoms with Crippen LogP contribution in [0.5, 0.6) is 0 Å². The molecule has 0 bridgehead atoms. The predicted octanol–water partition coefficient (Wildman–Crippen LogP) is -0.645. The number of hydrogen-bond acceptors (Lipinski definition) is 2. The molecule has 6 heteroatoms. The van der Waals surface area contributed by atoms with Gasteiger partial charge >= 0.3 is 7.60 Å². The molecule has 1 radical (unpaired) electrons.